The molecule has 2 heterocycles. The first-order valence-corrected chi connectivity index (χ1v) is 6.73. The van der Waals surface area contributed by atoms with Crippen molar-refractivity contribution in [2.24, 2.45) is 7.05 Å². The molecule has 3 aromatic rings. The van der Waals surface area contributed by atoms with E-state index in [0.29, 0.717) is 16.9 Å². The zero-order valence-electron chi connectivity index (χ0n) is 10.8. The van der Waals surface area contributed by atoms with E-state index in [-0.39, 0.29) is 22.5 Å². The number of rotatable bonds is 3. The normalized spacial score (nSPS) is 11.0. The SMILES string of the molecule is Cn1ncc2c(Cl)nc(COc3c(F)cccc3Cl)nc21. The van der Waals surface area contributed by atoms with Crippen LogP contribution in [0.1, 0.15) is 5.82 Å². The highest BCUT2D eigenvalue weighted by atomic mass is 35.5. The molecule has 0 amide bonds. The number of aromatic nitrogens is 4. The molecule has 0 spiro atoms. The Morgan fingerprint density at radius 2 is 2.10 bits per heavy atom. The van der Waals surface area contributed by atoms with Crippen LogP contribution in [0.3, 0.4) is 0 Å². The van der Waals surface area contributed by atoms with E-state index in [2.05, 4.69) is 15.1 Å². The molecule has 0 radical (unpaired) electrons. The summed E-state index contributed by atoms with van der Waals surface area (Å²) >= 11 is 11.9. The van der Waals surface area contributed by atoms with Crippen LogP contribution in [-0.4, -0.2) is 19.7 Å². The highest BCUT2D eigenvalue weighted by Crippen LogP contribution is 2.28. The third-order valence-corrected chi connectivity index (χ3v) is 3.44. The van der Waals surface area contributed by atoms with E-state index in [4.69, 9.17) is 27.9 Å². The average Bonchev–Trinajstić information content (AvgIpc) is 2.81. The monoisotopic (exact) mass is 326 g/mol. The lowest BCUT2D eigenvalue weighted by atomic mass is 10.3. The summed E-state index contributed by atoms with van der Waals surface area (Å²) in [4.78, 5) is 8.38. The number of benzene rings is 1. The smallest absolute Gasteiger partial charge is 0.174 e. The summed E-state index contributed by atoms with van der Waals surface area (Å²) in [6, 6.07) is 4.30. The van der Waals surface area contributed by atoms with E-state index in [1.54, 1.807) is 17.9 Å². The van der Waals surface area contributed by atoms with Gasteiger partial charge in [0.1, 0.15) is 11.8 Å². The Morgan fingerprint density at radius 1 is 1.29 bits per heavy atom. The Kier molecular flexibility index (Phi) is 3.65. The van der Waals surface area contributed by atoms with Crippen molar-refractivity contribution in [2.75, 3.05) is 0 Å². The minimum absolute atomic E-state index is 0.0380. The van der Waals surface area contributed by atoms with Gasteiger partial charge in [-0.15, -0.1) is 0 Å². The van der Waals surface area contributed by atoms with Gasteiger partial charge < -0.3 is 4.74 Å². The molecule has 0 saturated heterocycles. The van der Waals surface area contributed by atoms with Gasteiger partial charge in [0.25, 0.3) is 0 Å². The van der Waals surface area contributed by atoms with Gasteiger partial charge in [0.15, 0.2) is 23.0 Å². The molecule has 0 bridgehead atoms. The Labute approximate surface area is 129 Å². The third kappa shape index (κ3) is 2.64. The maximum atomic E-state index is 13.6. The summed E-state index contributed by atoms with van der Waals surface area (Å²) in [5.74, 6) is -0.269. The fourth-order valence-electron chi connectivity index (χ4n) is 1.85. The summed E-state index contributed by atoms with van der Waals surface area (Å²) < 4.78 is 20.5. The van der Waals surface area contributed by atoms with Gasteiger partial charge in [0.05, 0.1) is 16.6 Å². The van der Waals surface area contributed by atoms with Gasteiger partial charge in [-0.3, -0.25) is 4.68 Å². The van der Waals surface area contributed by atoms with Crippen LogP contribution in [-0.2, 0) is 13.7 Å². The van der Waals surface area contributed by atoms with Crippen LogP contribution in [0.5, 0.6) is 5.75 Å². The van der Waals surface area contributed by atoms with Gasteiger partial charge in [0.2, 0.25) is 0 Å². The minimum Gasteiger partial charge on any atom is -0.481 e. The summed E-state index contributed by atoms with van der Waals surface area (Å²) in [5, 5.41) is 5.15. The second-order valence-corrected chi connectivity index (χ2v) is 5.04. The predicted molar refractivity (Wildman–Crippen MR) is 77.1 cm³/mol. The molecule has 0 unspecified atom stereocenters. The van der Waals surface area contributed by atoms with Crippen LogP contribution < -0.4 is 4.74 Å². The van der Waals surface area contributed by atoms with Crippen molar-refractivity contribution >= 4 is 34.2 Å². The van der Waals surface area contributed by atoms with E-state index in [9.17, 15) is 4.39 Å². The van der Waals surface area contributed by atoms with Crippen LogP contribution in [0.2, 0.25) is 10.2 Å². The van der Waals surface area contributed by atoms with E-state index >= 15 is 0 Å². The number of aryl methyl sites for hydroxylation is 1. The van der Waals surface area contributed by atoms with E-state index in [1.165, 1.54) is 18.2 Å². The molecule has 5 nitrogen and oxygen atoms in total. The van der Waals surface area contributed by atoms with Crippen LogP contribution in [0.4, 0.5) is 4.39 Å². The van der Waals surface area contributed by atoms with Crippen molar-refractivity contribution in [1.29, 1.82) is 0 Å². The Bertz CT molecular complexity index is 801. The van der Waals surface area contributed by atoms with Gasteiger partial charge in [0, 0.05) is 7.05 Å². The lowest BCUT2D eigenvalue weighted by Gasteiger charge is -2.08. The number of hydrogen-bond donors (Lipinski definition) is 0. The molecule has 0 aliphatic carbocycles. The maximum absolute atomic E-state index is 13.6. The van der Waals surface area contributed by atoms with E-state index in [1.807, 2.05) is 0 Å². The highest BCUT2D eigenvalue weighted by molar-refractivity contribution is 6.33. The van der Waals surface area contributed by atoms with Crippen LogP contribution >= 0.6 is 23.2 Å². The summed E-state index contributed by atoms with van der Waals surface area (Å²) in [5.41, 5.74) is 0.577. The number of hydrogen-bond acceptors (Lipinski definition) is 4. The number of halogens is 3. The molecule has 0 aliphatic heterocycles. The van der Waals surface area contributed by atoms with Crippen molar-refractivity contribution in [3.8, 4) is 5.75 Å². The molecular formula is C13H9Cl2FN4O. The zero-order valence-corrected chi connectivity index (χ0v) is 12.4. The fourth-order valence-corrected chi connectivity index (χ4v) is 2.30. The Hall–Kier alpha value is -1.92. The predicted octanol–water partition coefficient (Wildman–Crippen LogP) is 3.39. The topological polar surface area (TPSA) is 52.8 Å². The number of fused-ring (bicyclic) bond motifs is 1. The second-order valence-electron chi connectivity index (χ2n) is 4.28. The first-order chi connectivity index (χ1) is 10.1. The van der Waals surface area contributed by atoms with Crippen LogP contribution in [0.15, 0.2) is 24.4 Å². The second kappa shape index (κ2) is 5.46. The number of para-hydroxylation sites is 1. The average molecular weight is 327 g/mol. The quantitative estimate of drug-likeness (QED) is 0.692. The maximum Gasteiger partial charge on any atom is 0.174 e. The molecule has 0 saturated carbocycles. The Morgan fingerprint density at radius 3 is 2.86 bits per heavy atom. The molecule has 0 aliphatic rings. The van der Waals surface area contributed by atoms with Crippen LogP contribution in [0, 0.1) is 5.82 Å². The molecule has 21 heavy (non-hydrogen) atoms. The van der Waals surface area contributed by atoms with Crippen molar-refractivity contribution in [1.82, 2.24) is 19.7 Å². The van der Waals surface area contributed by atoms with Crippen LogP contribution in [0.25, 0.3) is 11.0 Å². The lowest BCUT2D eigenvalue weighted by molar-refractivity contribution is 0.281. The summed E-state index contributed by atoms with van der Waals surface area (Å²) in [7, 11) is 1.74. The van der Waals surface area contributed by atoms with Crippen molar-refractivity contribution in [3.05, 3.63) is 46.2 Å². The molecule has 8 heteroatoms. The Balaban J connectivity index is 1.90. The molecule has 3 rings (SSSR count). The van der Waals surface area contributed by atoms with Gasteiger partial charge >= 0.3 is 0 Å². The van der Waals surface area contributed by atoms with Crippen molar-refractivity contribution in [2.45, 2.75) is 6.61 Å². The first kappa shape index (κ1) is 14.0. The van der Waals surface area contributed by atoms with E-state index < -0.39 is 5.82 Å². The molecule has 108 valence electrons. The third-order valence-electron chi connectivity index (χ3n) is 2.86. The van der Waals surface area contributed by atoms with Crippen molar-refractivity contribution in [3.63, 3.8) is 0 Å². The standard InChI is InChI=1S/C13H9Cl2FN4O/c1-20-13-7(5-17-20)12(15)18-10(19-13)6-21-11-8(14)3-2-4-9(11)16/h2-5H,6H2,1H3. The largest absolute Gasteiger partial charge is 0.481 e. The molecule has 0 fully saturated rings. The van der Waals surface area contributed by atoms with Gasteiger partial charge in [-0.05, 0) is 12.1 Å². The molecular weight excluding hydrogens is 318 g/mol. The minimum atomic E-state index is -0.546. The summed E-state index contributed by atoms with van der Waals surface area (Å²) in [6.45, 7) is -0.0541. The number of nitrogens with zero attached hydrogens (tertiary/aromatic N) is 4. The van der Waals surface area contributed by atoms with E-state index in [0.717, 1.165) is 0 Å². The molecule has 0 N–H and O–H groups in total. The first-order valence-electron chi connectivity index (χ1n) is 5.97. The molecule has 0 atom stereocenters. The number of ether oxygens (including phenoxy) is 1. The summed E-state index contributed by atoms with van der Waals surface area (Å²) in [6.07, 6.45) is 1.58. The van der Waals surface area contributed by atoms with Gasteiger partial charge in [-0.2, -0.15) is 5.10 Å². The highest BCUT2D eigenvalue weighted by Gasteiger charge is 2.12. The molecule has 2 aromatic heterocycles. The lowest BCUT2D eigenvalue weighted by Crippen LogP contribution is -2.05. The van der Waals surface area contributed by atoms with Gasteiger partial charge in [-0.1, -0.05) is 29.3 Å². The van der Waals surface area contributed by atoms with Gasteiger partial charge in [-0.25, -0.2) is 14.4 Å². The molecule has 1 aromatic carbocycles. The zero-order chi connectivity index (χ0) is 15.0. The fraction of sp³-hybridized carbons (Fsp3) is 0.154. The van der Waals surface area contributed by atoms with Crippen molar-refractivity contribution < 1.29 is 9.13 Å².